The van der Waals surface area contributed by atoms with E-state index in [2.05, 4.69) is 15.2 Å². The number of nitrogens with one attached hydrogen (secondary N) is 2. The number of carbonyl (C=O) groups excluding carboxylic acids is 2. The normalized spacial score (nSPS) is 20.3. The van der Waals surface area contributed by atoms with Crippen LogP contribution in [0.25, 0.3) is 0 Å². The van der Waals surface area contributed by atoms with E-state index in [0.717, 1.165) is 31.5 Å². The van der Waals surface area contributed by atoms with Crippen molar-refractivity contribution >= 4 is 48.5 Å². The van der Waals surface area contributed by atoms with Crippen molar-refractivity contribution in [1.29, 1.82) is 5.41 Å². The summed E-state index contributed by atoms with van der Waals surface area (Å²) in [5, 5.41) is 10.6. The van der Waals surface area contributed by atoms with Crippen molar-refractivity contribution in [3.63, 3.8) is 0 Å². The Morgan fingerprint density at radius 2 is 1.79 bits per heavy atom. The molecule has 2 fully saturated rings. The zero-order chi connectivity index (χ0) is 22.4. The number of amidine groups is 1. The molecule has 4 N–H and O–H groups in total. The second kappa shape index (κ2) is 13.4. The Kier molecular flexibility index (Phi) is 11.7. The van der Waals surface area contributed by atoms with E-state index in [9.17, 15) is 9.59 Å². The summed E-state index contributed by atoms with van der Waals surface area (Å²) < 4.78 is 5.36. The summed E-state index contributed by atoms with van der Waals surface area (Å²) >= 11 is 0. The summed E-state index contributed by atoms with van der Waals surface area (Å²) in [6, 6.07) is 3.72. The van der Waals surface area contributed by atoms with E-state index in [4.69, 9.17) is 15.9 Å². The fraction of sp³-hybridized carbons (Fsp3) is 0.636. The van der Waals surface area contributed by atoms with Crippen LogP contribution in [-0.4, -0.2) is 66.5 Å². The first-order valence-corrected chi connectivity index (χ1v) is 11.1. The van der Waals surface area contributed by atoms with E-state index >= 15 is 0 Å². The summed E-state index contributed by atoms with van der Waals surface area (Å²) in [5.74, 6) is 1.03. The lowest BCUT2D eigenvalue weighted by atomic mass is 9.86. The van der Waals surface area contributed by atoms with E-state index < -0.39 is 0 Å². The highest BCUT2D eigenvalue weighted by atomic mass is 35.5. The van der Waals surface area contributed by atoms with Gasteiger partial charge >= 0.3 is 12.0 Å². The van der Waals surface area contributed by atoms with Crippen LogP contribution >= 0.6 is 24.8 Å². The predicted octanol–water partition coefficient (Wildman–Crippen LogP) is 2.80. The molecular weight excluding hydrogens is 467 g/mol. The molecule has 9 nitrogen and oxygen atoms in total. The number of ether oxygens (including phenoxy) is 1. The lowest BCUT2D eigenvalue weighted by Gasteiger charge is -2.37. The third kappa shape index (κ3) is 8.23. The number of amides is 2. The van der Waals surface area contributed by atoms with Gasteiger partial charge in [-0.1, -0.05) is 13.8 Å². The molecule has 0 bridgehead atoms. The van der Waals surface area contributed by atoms with Crippen LogP contribution < -0.4 is 16.0 Å². The van der Waals surface area contributed by atoms with Crippen LogP contribution in [0.15, 0.2) is 18.3 Å². The number of urea groups is 1. The molecule has 1 aromatic heterocycles. The van der Waals surface area contributed by atoms with Gasteiger partial charge in [0, 0.05) is 44.0 Å². The molecule has 0 aromatic carbocycles. The maximum absolute atomic E-state index is 12.7. The van der Waals surface area contributed by atoms with Gasteiger partial charge in [-0.2, -0.15) is 0 Å². The van der Waals surface area contributed by atoms with Crippen molar-refractivity contribution in [1.82, 2.24) is 15.2 Å². The number of piperazine rings is 1. The summed E-state index contributed by atoms with van der Waals surface area (Å²) in [7, 11) is 0. The Morgan fingerprint density at radius 3 is 2.30 bits per heavy atom. The van der Waals surface area contributed by atoms with Crippen molar-refractivity contribution in [3.8, 4) is 0 Å². The maximum atomic E-state index is 12.7. The number of nitrogens with two attached hydrogens (primary N) is 1. The van der Waals surface area contributed by atoms with Crippen LogP contribution in [0.2, 0.25) is 0 Å². The van der Waals surface area contributed by atoms with Crippen LogP contribution in [0.3, 0.4) is 0 Å². The van der Waals surface area contributed by atoms with Crippen LogP contribution in [-0.2, 0) is 9.53 Å². The number of rotatable bonds is 6. The molecule has 1 aliphatic carbocycles. The lowest BCUT2D eigenvalue weighted by Crippen LogP contribution is -2.54. The summed E-state index contributed by atoms with van der Waals surface area (Å²) in [6.45, 7) is 7.18. The molecule has 1 saturated carbocycles. The maximum Gasteiger partial charge on any atom is 0.317 e. The zero-order valence-electron chi connectivity index (χ0n) is 19.3. The Morgan fingerprint density at radius 1 is 1.15 bits per heavy atom. The van der Waals surface area contributed by atoms with Gasteiger partial charge in [-0.3, -0.25) is 10.2 Å². The number of hydrogen-bond acceptors (Lipinski definition) is 6. The molecule has 1 saturated heterocycles. The van der Waals surface area contributed by atoms with Crippen molar-refractivity contribution < 1.29 is 14.3 Å². The Hall–Kier alpha value is -2.26. The smallest absolute Gasteiger partial charge is 0.317 e. The molecule has 2 heterocycles. The van der Waals surface area contributed by atoms with Crippen molar-refractivity contribution in [2.75, 3.05) is 37.7 Å². The van der Waals surface area contributed by atoms with Gasteiger partial charge in [-0.25, -0.2) is 9.78 Å². The molecule has 33 heavy (non-hydrogen) atoms. The molecule has 0 spiro atoms. The van der Waals surface area contributed by atoms with Crippen molar-refractivity contribution in [3.05, 3.63) is 23.9 Å². The second-order valence-electron chi connectivity index (χ2n) is 8.81. The average molecular weight is 503 g/mol. The molecule has 1 aliphatic heterocycles. The zero-order valence-corrected chi connectivity index (χ0v) is 20.9. The molecule has 0 atom stereocenters. The van der Waals surface area contributed by atoms with Gasteiger partial charge < -0.3 is 25.6 Å². The molecule has 2 aliphatic rings. The van der Waals surface area contributed by atoms with Crippen LogP contribution in [0.4, 0.5) is 10.6 Å². The number of pyridine rings is 1. The summed E-state index contributed by atoms with van der Waals surface area (Å²) in [5.41, 5.74) is 6.07. The number of hydrogen-bond donors (Lipinski definition) is 3. The molecule has 3 rings (SSSR count). The van der Waals surface area contributed by atoms with Gasteiger partial charge in [-0.15, -0.1) is 24.8 Å². The SMILES string of the molecule is CC(C)COC(=O)[C@H]1CC[C@H](NC(=O)N2CCN(c3ccc(C(=N)N)cn3)CC2)CC1.Cl.Cl. The van der Waals surface area contributed by atoms with Crippen LogP contribution in [0.5, 0.6) is 0 Å². The highest BCUT2D eigenvalue weighted by molar-refractivity contribution is 5.94. The van der Waals surface area contributed by atoms with Gasteiger partial charge in [0.2, 0.25) is 0 Å². The number of nitrogens with zero attached hydrogens (tertiary/aromatic N) is 3. The third-order valence-electron chi connectivity index (χ3n) is 5.90. The average Bonchev–Trinajstić information content (AvgIpc) is 2.78. The van der Waals surface area contributed by atoms with E-state index in [1.165, 1.54) is 0 Å². The van der Waals surface area contributed by atoms with Gasteiger partial charge in [0.25, 0.3) is 0 Å². The first-order chi connectivity index (χ1) is 14.8. The minimum absolute atomic E-state index is 0. The van der Waals surface area contributed by atoms with E-state index in [1.807, 2.05) is 24.8 Å². The molecule has 11 heteroatoms. The molecule has 2 amide bonds. The standard InChI is InChI=1S/C22H34N6O3.2ClH/c1-15(2)14-31-21(29)16-3-6-18(7-4-16)26-22(30)28-11-9-27(10-12-28)19-8-5-17(13-25-19)20(23)24;;/h5,8,13,15-16,18H,3-4,6-7,9-12,14H2,1-2H3,(H3,23,24)(H,26,30);2*1H/t16-,18-;;. The fourth-order valence-electron chi connectivity index (χ4n) is 3.98. The largest absolute Gasteiger partial charge is 0.465 e. The Balaban J connectivity index is 0.00000272. The number of esters is 1. The number of nitrogen functional groups attached to an aromatic ring is 1. The molecule has 0 unspecified atom stereocenters. The first-order valence-electron chi connectivity index (χ1n) is 11.1. The number of anilines is 1. The summed E-state index contributed by atoms with van der Waals surface area (Å²) in [6.07, 6.45) is 4.74. The van der Waals surface area contributed by atoms with E-state index in [0.29, 0.717) is 44.3 Å². The summed E-state index contributed by atoms with van der Waals surface area (Å²) in [4.78, 5) is 33.2. The fourth-order valence-corrected chi connectivity index (χ4v) is 3.98. The third-order valence-corrected chi connectivity index (χ3v) is 5.90. The topological polar surface area (TPSA) is 125 Å². The number of aromatic nitrogens is 1. The first kappa shape index (κ1) is 28.8. The van der Waals surface area contributed by atoms with Gasteiger partial charge in [0.05, 0.1) is 12.5 Å². The number of carbonyl (C=O) groups is 2. The van der Waals surface area contributed by atoms with E-state index in [1.54, 1.807) is 12.3 Å². The Labute approximate surface area is 208 Å². The van der Waals surface area contributed by atoms with Gasteiger partial charge in [-0.05, 0) is 43.7 Å². The molecule has 1 aromatic rings. The minimum Gasteiger partial charge on any atom is -0.465 e. The van der Waals surface area contributed by atoms with Gasteiger partial charge in [0.1, 0.15) is 11.7 Å². The van der Waals surface area contributed by atoms with Crippen LogP contribution in [0, 0.1) is 17.2 Å². The lowest BCUT2D eigenvalue weighted by molar-refractivity contribution is -0.150. The van der Waals surface area contributed by atoms with Crippen molar-refractivity contribution in [2.24, 2.45) is 17.6 Å². The molecule has 0 radical (unpaired) electrons. The Bertz CT molecular complexity index is 777. The molecule has 186 valence electrons. The molecular formula is C22H36Cl2N6O3. The van der Waals surface area contributed by atoms with Gasteiger partial charge in [0.15, 0.2) is 0 Å². The quantitative estimate of drug-likeness (QED) is 0.312. The van der Waals surface area contributed by atoms with E-state index in [-0.39, 0.29) is 54.6 Å². The van der Waals surface area contributed by atoms with Crippen molar-refractivity contribution in [2.45, 2.75) is 45.6 Å². The second-order valence-corrected chi connectivity index (χ2v) is 8.81. The highest BCUT2D eigenvalue weighted by Gasteiger charge is 2.30. The monoisotopic (exact) mass is 502 g/mol. The highest BCUT2D eigenvalue weighted by Crippen LogP contribution is 2.26. The van der Waals surface area contributed by atoms with Crippen LogP contribution in [0.1, 0.15) is 45.1 Å². The number of halogens is 2. The minimum atomic E-state index is -0.0976. The predicted molar refractivity (Wildman–Crippen MR) is 134 cm³/mol.